The Kier molecular flexibility index (Phi) is 5.76. The number of anilines is 1. The van der Waals surface area contributed by atoms with E-state index in [9.17, 15) is 17.6 Å². The lowest BCUT2D eigenvalue weighted by Crippen LogP contribution is -2.06. The number of nitrogens with zero attached hydrogens (tertiary/aromatic N) is 4. The van der Waals surface area contributed by atoms with Gasteiger partial charge >= 0.3 is 0 Å². The van der Waals surface area contributed by atoms with Gasteiger partial charge < -0.3 is 0 Å². The molecule has 0 amide bonds. The van der Waals surface area contributed by atoms with Gasteiger partial charge in [-0.05, 0) is 13.3 Å². The first-order valence-corrected chi connectivity index (χ1v) is 7.46. The number of hydrazone groups is 1. The predicted molar refractivity (Wildman–Crippen MR) is 82.2 cm³/mol. The standard InChI is InChI=1S/C14H14ClF4N5/c1-3-4-5-24-12(15)8(7(2)23-24)6-20-22-11-9(16)13(18)21-14(19)10(11)17/h6H,3-5H2,1-2H3,(H,21,22)/b20-6-. The fourth-order valence-corrected chi connectivity index (χ4v) is 2.22. The van der Waals surface area contributed by atoms with Crippen LogP contribution in [0.25, 0.3) is 0 Å². The summed E-state index contributed by atoms with van der Waals surface area (Å²) in [7, 11) is 0. The Labute approximate surface area is 140 Å². The molecule has 0 unspecified atom stereocenters. The van der Waals surface area contributed by atoms with Crippen LogP contribution in [0.15, 0.2) is 5.10 Å². The molecule has 0 bridgehead atoms. The number of aryl methyl sites for hydroxylation is 2. The Bertz CT molecular complexity index is 749. The van der Waals surface area contributed by atoms with Crippen LogP contribution < -0.4 is 5.43 Å². The Balaban J connectivity index is 2.23. The summed E-state index contributed by atoms with van der Waals surface area (Å²) in [6.07, 6.45) is 3.00. The van der Waals surface area contributed by atoms with Crippen LogP contribution in [0.5, 0.6) is 0 Å². The second-order valence-electron chi connectivity index (χ2n) is 4.93. The van der Waals surface area contributed by atoms with E-state index in [0.29, 0.717) is 23.0 Å². The van der Waals surface area contributed by atoms with Gasteiger partial charge in [-0.2, -0.15) is 32.7 Å². The smallest absolute Gasteiger partial charge is 0.254 e. The second-order valence-corrected chi connectivity index (χ2v) is 5.29. The first-order chi connectivity index (χ1) is 11.4. The van der Waals surface area contributed by atoms with Crippen molar-refractivity contribution in [3.05, 3.63) is 39.9 Å². The van der Waals surface area contributed by atoms with Crippen molar-refractivity contribution in [1.82, 2.24) is 14.8 Å². The summed E-state index contributed by atoms with van der Waals surface area (Å²) in [5, 5.41) is 8.11. The molecule has 0 saturated carbocycles. The number of rotatable bonds is 6. The quantitative estimate of drug-likeness (QED) is 0.365. The van der Waals surface area contributed by atoms with E-state index in [0.717, 1.165) is 12.8 Å². The highest BCUT2D eigenvalue weighted by Crippen LogP contribution is 2.22. The molecule has 24 heavy (non-hydrogen) atoms. The number of pyridine rings is 1. The van der Waals surface area contributed by atoms with Crippen molar-refractivity contribution in [2.24, 2.45) is 5.10 Å². The van der Waals surface area contributed by atoms with Crippen LogP contribution in [0.2, 0.25) is 5.15 Å². The summed E-state index contributed by atoms with van der Waals surface area (Å²) in [5.41, 5.74) is 1.82. The van der Waals surface area contributed by atoms with Crippen LogP contribution in [0.1, 0.15) is 31.0 Å². The van der Waals surface area contributed by atoms with Gasteiger partial charge in [0.25, 0.3) is 11.9 Å². The van der Waals surface area contributed by atoms with E-state index in [4.69, 9.17) is 11.6 Å². The highest BCUT2D eigenvalue weighted by molar-refractivity contribution is 6.32. The third kappa shape index (κ3) is 3.66. The van der Waals surface area contributed by atoms with Crippen LogP contribution in [-0.4, -0.2) is 21.0 Å². The first-order valence-electron chi connectivity index (χ1n) is 7.08. The van der Waals surface area contributed by atoms with Crippen LogP contribution in [-0.2, 0) is 6.54 Å². The molecule has 0 aliphatic heterocycles. The molecule has 0 aliphatic carbocycles. The topological polar surface area (TPSA) is 55.1 Å². The molecule has 130 valence electrons. The number of nitrogens with one attached hydrogen (secondary N) is 1. The summed E-state index contributed by atoms with van der Waals surface area (Å²) in [5.74, 6) is -6.89. The van der Waals surface area contributed by atoms with Gasteiger partial charge in [-0.15, -0.1) is 0 Å². The van der Waals surface area contributed by atoms with Crippen LogP contribution in [0.3, 0.4) is 0 Å². The highest BCUT2D eigenvalue weighted by atomic mass is 35.5. The number of aromatic nitrogens is 3. The molecule has 2 aromatic rings. The summed E-state index contributed by atoms with van der Waals surface area (Å²) in [6, 6.07) is 0. The maximum absolute atomic E-state index is 13.4. The van der Waals surface area contributed by atoms with Gasteiger partial charge in [0.05, 0.1) is 17.5 Å². The van der Waals surface area contributed by atoms with Crippen LogP contribution in [0, 0.1) is 30.5 Å². The molecule has 2 rings (SSSR count). The summed E-state index contributed by atoms with van der Waals surface area (Å²) in [6.45, 7) is 4.32. The van der Waals surface area contributed by atoms with Gasteiger partial charge in [-0.25, -0.2) is 0 Å². The Hall–Kier alpha value is -2.16. The minimum atomic E-state index is -1.77. The number of unbranched alkanes of at least 4 members (excludes halogenated alkanes) is 1. The van der Waals surface area contributed by atoms with Gasteiger partial charge in [0.2, 0.25) is 11.6 Å². The van der Waals surface area contributed by atoms with Gasteiger partial charge in [-0.3, -0.25) is 10.1 Å². The summed E-state index contributed by atoms with van der Waals surface area (Å²) >= 11 is 6.16. The molecule has 0 fully saturated rings. The zero-order chi connectivity index (χ0) is 17.9. The number of halogens is 5. The molecule has 0 aromatic carbocycles. The van der Waals surface area contributed by atoms with Crippen LogP contribution in [0.4, 0.5) is 23.2 Å². The molecule has 0 atom stereocenters. The third-order valence-corrected chi connectivity index (χ3v) is 3.60. The largest absolute Gasteiger partial charge is 0.272 e. The van der Waals surface area contributed by atoms with Crippen molar-refractivity contribution in [3.63, 3.8) is 0 Å². The Morgan fingerprint density at radius 3 is 2.42 bits per heavy atom. The SMILES string of the molecule is CCCCn1nc(C)c(/C=N\Nc2c(F)c(F)nc(F)c2F)c1Cl. The van der Waals surface area contributed by atoms with Crippen molar-refractivity contribution in [2.45, 2.75) is 33.2 Å². The van der Waals surface area contributed by atoms with Gasteiger partial charge in [0.15, 0.2) is 0 Å². The van der Waals surface area contributed by atoms with E-state index >= 15 is 0 Å². The molecule has 2 heterocycles. The zero-order valence-electron chi connectivity index (χ0n) is 12.9. The van der Waals surface area contributed by atoms with E-state index in [1.165, 1.54) is 6.21 Å². The van der Waals surface area contributed by atoms with Crippen molar-refractivity contribution < 1.29 is 17.6 Å². The average Bonchev–Trinajstić information content (AvgIpc) is 2.81. The van der Waals surface area contributed by atoms with Crippen molar-refractivity contribution in [3.8, 4) is 0 Å². The van der Waals surface area contributed by atoms with Crippen molar-refractivity contribution >= 4 is 23.5 Å². The number of hydrogen-bond donors (Lipinski definition) is 1. The average molecular weight is 364 g/mol. The normalized spacial score (nSPS) is 11.5. The van der Waals surface area contributed by atoms with Crippen molar-refractivity contribution in [1.29, 1.82) is 0 Å². The lowest BCUT2D eigenvalue weighted by atomic mass is 10.3. The molecule has 0 saturated heterocycles. The molecular weight excluding hydrogens is 350 g/mol. The molecule has 0 aliphatic rings. The molecule has 0 radical (unpaired) electrons. The molecular formula is C14H14ClF4N5. The molecule has 5 nitrogen and oxygen atoms in total. The molecule has 1 N–H and O–H groups in total. The number of hydrogen-bond acceptors (Lipinski definition) is 4. The Morgan fingerprint density at radius 2 is 1.83 bits per heavy atom. The van der Waals surface area contributed by atoms with E-state index < -0.39 is 29.2 Å². The van der Waals surface area contributed by atoms with Gasteiger partial charge in [-0.1, -0.05) is 24.9 Å². The molecule has 0 spiro atoms. The monoisotopic (exact) mass is 363 g/mol. The van der Waals surface area contributed by atoms with E-state index in [-0.39, 0.29) is 0 Å². The fourth-order valence-electron chi connectivity index (χ4n) is 1.92. The molecule has 2 aromatic heterocycles. The fraction of sp³-hybridized carbons (Fsp3) is 0.357. The summed E-state index contributed by atoms with van der Waals surface area (Å²) < 4.78 is 54.5. The maximum atomic E-state index is 13.4. The van der Waals surface area contributed by atoms with Crippen LogP contribution >= 0.6 is 11.6 Å². The maximum Gasteiger partial charge on any atom is 0.254 e. The minimum Gasteiger partial charge on any atom is -0.272 e. The second kappa shape index (κ2) is 7.61. The van der Waals surface area contributed by atoms with E-state index in [1.54, 1.807) is 11.6 Å². The van der Waals surface area contributed by atoms with Crippen molar-refractivity contribution in [2.75, 3.05) is 5.43 Å². The molecule has 10 heteroatoms. The van der Waals surface area contributed by atoms with E-state index in [2.05, 4.69) is 15.2 Å². The Morgan fingerprint density at radius 1 is 1.21 bits per heavy atom. The lowest BCUT2D eigenvalue weighted by Gasteiger charge is -2.04. The highest BCUT2D eigenvalue weighted by Gasteiger charge is 2.20. The predicted octanol–water partition coefficient (Wildman–Crippen LogP) is 4.04. The van der Waals surface area contributed by atoms with Gasteiger partial charge in [0.1, 0.15) is 10.8 Å². The zero-order valence-corrected chi connectivity index (χ0v) is 13.6. The summed E-state index contributed by atoms with van der Waals surface area (Å²) in [4.78, 5) is 2.45. The van der Waals surface area contributed by atoms with Gasteiger partial charge in [0, 0.05) is 6.54 Å². The van der Waals surface area contributed by atoms with E-state index in [1.807, 2.05) is 12.3 Å². The third-order valence-electron chi connectivity index (χ3n) is 3.20. The minimum absolute atomic E-state index is 0.305. The lowest BCUT2D eigenvalue weighted by molar-refractivity contribution is 0.411. The first kappa shape index (κ1) is 18.2.